The van der Waals surface area contributed by atoms with E-state index in [1.165, 1.54) is 4.31 Å². The second-order valence-electron chi connectivity index (χ2n) is 7.12. The number of nitrogens with one attached hydrogen (secondary N) is 2. The van der Waals surface area contributed by atoms with Crippen molar-refractivity contribution in [3.8, 4) is 5.75 Å². The number of benzene rings is 1. The fraction of sp³-hybridized carbons (Fsp3) is 0.632. The van der Waals surface area contributed by atoms with Gasteiger partial charge < -0.3 is 15.4 Å². The Bertz CT molecular complexity index is 728. The van der Waals surface area contributed by atoms with E-state index < -0.39 is 10.0 Å². The Morgan fingerprint density at radius 3 is 2.46 bits per heavy atom. The lowest BCUT2D eigenvalue weighted by Gasteiger charge is -2.30. The zero-order valence-corrected chi connectivity index (χ0v) is 17.9. The summed E-state index contributed by atoms with van der Waals surface area (Å²) in [5, 5.41) is 6.38. The molecule has 28 heavy (non-hydrogen) atoms. The fourth-order valence-corrected chi connectivity index (χ4v) is 5.15. The standard InChI is InChI=1S/C19H29N3O4S.ClH/c1-2-26-17-5-7-18(8-6-17)27(24,25)22-12-9-15(10-13-22)19(23)21-14-16-4-3-11-20-16;/h5-8,15-16,20H,2-4,9-14H2,1H3,(H,21,23);1H. The van der Waals surface area contributed by atoms with Crippen molar-refractivity contribution in [3.63, 3.8) is 0 Å². The molecule has 158 valence electrons. The van der Waals surface area contributed by atoms with E-state index in [4.69, 9.17) is 4.74 Å². The highest BCUT2D eigenvalue weighted by Gasteiger charge is 2.32. The molecular weight excluding hydrogens is 402 g/mol. The first-order valence-electron chi connectivity index (χ1n) is 9.75. The maximum atomic E-state index is 12.8. The maximum absolute atomic E-state index is 12.8. The van der Waals surface area contributed by atoms with Crippen LogP contribution in [0.1, 0.15) is 32.6 Å². The van der Waals surface area contributed by atoms with Crippen LogP contribution in [-0.4, -0.2) is 57.5 Å². The quantitative estimate of drug-likeness (QED) is 0.687. The number of carbonyl (C=O) groups is 1. The van der Waals surface area contributed by atoms with Crippen LogP contribution in [0.25, 0.3) is 0 Å². The first kappa shape index (κ1) is 22.9. The summed E-state index contributed by atoms with van der Waals surface area (Å²) in [6, 6.07) is 6.87. The van der Waals surface area contributed by atoms with Gasteiger partial charge in [0, 0.05) is 31.6 Å². The van der Waals surface area contributed by atoms with Crippen LogP contribution in [0.5, 0.6) is 5.75 Å². The highest BCUT2D eigenvalue weighted by atomic mass is 35.5. The summed E-state index contributed by atoms with van der Waals surface area (Å²) in [6.45, 7) is 4.84. The molecule has 1 aromatic carbocycles. The maximum Gasteiger partial charge on any atom is 0.243 e. The van der Waals surface area contributed by atoms with Gasteiger partial charge in [-0.1, -0.05) is 0 Å². The summed E-state index contributed by atoms with van der Waals surface area (Å²) in [6.07, 6.45) is 3.36. The molecule has 2 saturated heterocycles. The van der Waals surface area contributed by atoms with Gasteiger partial charge in [-0.25, -0.2) is 8.42 Å². The molecule has 0 radical (unpaired) electrons. The van der Waals surface area contributed by atoms with E-state index >= 15 is 0 Å². The van der Waals surface area contributed by atoms with Gasteiger partial charge in [-0.3, -0.25) is 4.79 Å². The molecule has 0 saturated carbocycles. The van der Waals surface area contributed by atoms with Crippen molar-refractivity contribution in [3.05, 3.63) is 24.3 Å². The Balaban J connectivity index is 0.00000280. The monoisotopic (exact) mass is 431 g/mol. The third-order valence-corrected chi connectivity index (χ3v) is 7.20. The molecule has 0 aromatic heterocycles. The van der Waals surface area contributed by atoms with Crippen molar-refractivity contribution < 1.29 is 17.9 Å². The van der Waals surface area contributed by atoms with Crippen molar-refractivity contribution in [2.45, 2.75) is 43.5 Å². The van der Waals surface area contributed by atoms with E-state index in [0.717, 1.165) is 19.4 Å². The topological polar surface area (TPSA) is 87.7 Å². The molecule has 0 bridgehead atoms. The summed E-state index contributed by atoms with van der Waals surface area (Å²) in [7, 11) is -3.53. The van der Waals surface area contributed by atoms with Crippen molar-refractivity contribution >= 4 is 28.3 Å². The molecule has 2 fully saturated rings. The summed E-state index contributed by atoms with van der Waals surface area (Å²) in [5.74, 6) is 0.587. The van der Waals surface area contributed by atoms with Gasteiger partial charge in [0.15, 0.2) is 0 Å². The Kier molecular flexibility index (Phi) is 8.55. The lowest BCUT2D eigenvalue weighted by atomic mass is 9.97. The molecular formula is C19H30ClN3O4S. The summed E-state index contributed by atoms with van der Waals surface area (Å²) in [5.41, 5.74) is 0. The first-order valence-corrected chi connectivity index (χ1v) is 11.2. The van der Waals surface area contributed by atoms with Gasteiger partial charge in [-0.2, -0.15) is 4.31 Å². The minimum atomic E-state index is -3.53. The first-order chi connectivity index (χ1) is 13.0. The number of sulfonamides is 1. The molecule has 7 nitrogen and oxygen atoms in total. The Morgan fingerprint density at radius 1 is 1.21 bits per heavy atom. The molecule has 0 aliphatic carbocycles. The molecule has 9 heteroatoms. The van der Waals surface area contributed by atoms with Gasteiger partial charge in [0.2, 0.25) is 15.9 Å². The van der Waals surface area contributed by atoms with E-state index in [-0.39, 0.29) is 29.1 Å². The van der Waals surface area contributed by atoms with Crippen LogP contribution < -0.4 is 15.4 Å². The van der Waals surface area contributed by atoms with Crippen LogP contribution in [-0.2, 0) is 14.8 Å². The summed E-state index contributed by atoms with van der Waals surface area (Å²) >= 11 is 0. The normalized spacial score (nSPS) is 21.1. The lowest BCUT2D eigenvalue weighted by Crippen LogP contribution is -2.45. The van der Waals surface area contributed by atoms with E-state index in [2.05, 4.69) is 10.6 Å². The number of hydrogen-bond acceptors (Lipinski definition) is 5. The predicted molar refractivity (Wildman–Crippen MR) is 110 cm³/mol. The average Bonchev–Trinajstić information content (AvgIpc) is 3.20. The van der Waals surface area contributed by atoms with Crippen LogP contribution >= 0.6 is 12.4 Å². The van der Waals surface area contributed by atoms with E-state index in [9.17, 15) is 13.2 Å². The zero-order valence-electron chi connectivity index (χ0n) is 16.2. The second-order valence-corrected chi connectivity index (χ2v) is 9.06. The Morgan fingerprint density at radius 2 is 1.89 bits per heavy atom. The number of amides is 1. The molecule has 3 rings (SSSR count). The number of nitrogens with zero attached hydrogens (tertiary/aromatic N) is 1. The van der Waals surface area contributed by atoms with Gasteiger partial charge in [-0.15, -0.1) is 12.4 Å². The van der Waals surface area contributed by atoms with Crippen LogP contribution in [0, 0.1) is 5.92 Å². The van der Waals surface area contributed by atoms with Gasteiger partial charge in [-0.05, 0) is 63.4 Å². The predicted octanol–water partition coefficient (Wildman–Crippen LogP) is 1.78. The Labute approximate surface area is 173 Å². The number of halogens is 1. The van der Waals surface area contributed by atoms with Crippen LogP contribution in [0.3, 0.4) is 0 Å². The number of carbonyl (C=O) groups excluding carboxylic acids is 1. The van der Waals surface area contributed by atoms with Gasteiger partial charge >= 0.3 is 0 Å². The lowest BCUT2D eigenvalue weighted by molar-refractivity contribution is -0.126. The fourth-order valence-electron chi connectivity index (χ4n) is 3.68. The van der Waals surface area contributed by atoms with E-state index in [1.54, 1.807) is 24.3 Å². The van der Waals surface area contributed by atoms with Crippen molar-refractivity contribution in [2.75, 3.05) is 32.8 Å². The molecule has 1 amide bonds. The molecule has 2 aliphatic heterocycles. The van der Waals surface area contributed by atoms with Gasteiger partial charge in [0.1, 0.15) is 5.75 Å². The number of rotatable bonds is 7. The molecule has 1 atom stereocenters. The average molecular weight is 432 g/mol. The zero-order chi connectivity index (χ0) is 19.3. The van der Waals surface area contributed by atoms with Crippen molar-refractivity contribution in [2.24, 2.45) is 5.92 Å². The molecule has 0 spiro atoms. The number of ether oxygens (including phenoxy) is 1. The highest BCUT2D eigenvalue weighted by molar-refractivity contribution is 7.89. The molecule has 2 N–H and O–H groups in total. The minimum absolute atomic E-state index is 0. The van der Waals surface area contributed by atoms with Gasteiger partial charge in [0.25, 0.3) is 0 Å². The van der Waals surface area contributed by atoms with Crippen molar-refractivity contribution in [1.82, 2.24) is 14.9 Å². The van der Waals surface area contributed by atoms with Crippen LogP contribution in [0.2, 0.25) is 0 Å². The largest absolute Gasteiger partial charge is 0.494 e. The van der Waals surface area contributed by atoms with Crippen LogP contribution in [0.15, 0.2) is 29.2 Å². The SMILES string of the molecule is CCOc1ccc(S(=O)(=O)N2CCC(C(=O)NCC3CCCN3)CC2)cc1.Cl. The number of hydrogen-bond donors (Lipinski definition) is 2. The summed E-state index contributed by atoms with van der Waals surface area (Å²) in [4.78, 5) is 12.6. The third-order valence-electron chi connectivity index (χ3n) is 5.28. The van der Waals surface area contributed by atoms with Gasteiger partial charge in [0.05, 0.1) is 11.5 Å². The molecule has 2 aliphatic rings. The molecule has 1 unspecified atom stereocenters. The third kappa shape index (κ3) is 5.59. The summed E-state index contributed by atoms with van der Waals surface area (Å²) < 4.78 is 32.5. The second kappa shape index (κ2) is 10.4. The van der Waals surface area contributed by atoms with E-state index in [1.807, 2.05) is 6.92 Å². The Hall–Kier alpha value is -1.35. The number of piperidine rings is 1. The molecule has 2 heterocycles. The van der Waals surface area contributed by atoms with Crippen molar-refractivity contribution in [1.29, 1.82) is 0 Å². The highest BCUT2D eigenvalue weighted by Crippen LogP contribution is 2.25. The molecule has 1 aromatic rings. The van der Waals surface area contributed by atoms with Crippen LogP contribution in [0.4, 0.5) is 0 Å². The van der Waals surface area contributed by atoms with E-state index in [0.29, 0.717) is 50.9 Å². The smallest absolute Gasteiger partial charge is 0.243 e. The minimum Gasteiger partial charge on any atom is -0.494 e.